The predicted octanol–water partition coefficient (Wildman–Crippen LogP) is 2.70. The van der Waals surface area contributed by atoms with Crippen LogP contribution in [0.1, 0.15) is 30.5 Å². The molecule has 0 aliphatic rings. The zero-order chi connectivity index (χ0) is 11.6. The van der Waals surface area contributed by atoms with E-state index >= 15 is 0 Å². The van der Waals surface area contributed by atoms with E-state index < -0.39 is 17.8 Å². The van der Waals surface area contributed by atoms with E-state index in [4.69, 9.17) is 11.5 Å². The van der Waals surface area contributed by atoms with Gasteiger partial charge in [-0.15, -0.1) is 0 Å². The van der Waals surface area contributed by atoms with Gasteiger partial charge in [-0.05, 0) is 30.2 Å². The third kappa shape index (κ3) is 2.86. The van der Waals surface area contributed by atoms with E-state index in [9.17, 15) is 13.2 Å². The molecule has 1 aromatic rings. The molecule has 0 fully saturated rings. The van der Waals surface area contributed by atoms with Gasteiger partial charge in [-0.3, -0.25) is 0 Å². The molecule has 0 heterocycles. The standard InChI is InChI=1S/C10H13F3N2/c1-2-9(15)6-3-7(10(11,12)13)5-8(14)4-6/h3-5,9H,2,14-15H2,1H3. The normalized spacial score (nSPS) is 13.9. The van der Waals surface area contributed by atoms with Crippen molar-refractivity contribution < 1.29 is 13.2 Å². The van der Waals surface area contributed by atoms with Crippen LogP contribution in [-0.4, -0.2) is 0 Å². The van der Waals surface area contributed by atoms with Gasteiger partial charge < -0.3 is 11.5 Å². The summed E-state index contributed by atoms with van der Waals surface area (Å²) in [6, 6.07) is 3.02. The van der Waals surface area contributed by atoms with Crippen LogP contribution in [0.3, 0.4) is 0 Å². The van der Waals surface area contributed by atoms with Crippen LogP contribution in [0.2, 0.25) is 0 Å². The summed E-state index contributed by atoms with van der Waals surface area (Å²) in [4.78, 5) is 0. The number of nitrogens with two attached hydrogens (primary N) is 2. The third-order valence-corrected chi connectivity index (χ3v) is 2.17. The van der Waals surface area contributed by atoms with Crippen molar-refractivity contribution in [3.05, 3.63) is 29.3 Å². The zero-order valence-electron chi connectivity index (χ0n) is 8.31. The van der Waals surface area contributed by atoms with Crippen LogP contribution in [0.4, 0.5) is 18.9 Å². The van der Waals surface area contributed by atoms with Crippen molar-refractivity contribution in [2.45, 2.75) is 25.6 Å². The summed E-state index contributed by atoms with van der Waals surface area (Å²) in [5, 5.41) is 0. The van der Waals surface area contributed by atoms with Crippen molar-refractivity contribution in [3.8, 4) is 0 Å². The molecule has 0 amide bonds. The van der Waals surface area contributed by atoms with E-state index in [1.807, 2.05) is 0 Å². The second kappa shape index (κ2) is 4.10. The fourth-order valence-corrected chi connectivity index (χ4v) is 1.29. The summed E-state index contributed by atoms with van der Waals surface area (Å²) < 4.78 is 37.3. The molecule has 1 unspecified atom stereocenters. The fraction of sp³-hybridized carbons (Fsp3) is 0.400. The molecule has 0 saturated heterocycles. The van der Waals surface area contributed by atoms with Crippen molar-refractivity contribution in [1.29, 1.82) is 0 Å². The van der Waals surface area contributed by atoms with Crippen LogP contribution in [0, 0.1) is 0 Å². The van der Waals surface area contributed by atoms with Gasteiger partial charge in [0.2, 0.25) is 0 Å². The number of nitrogen functional groups attached to an aromatic ring is 1. The van der Waals surface area contributed by atoms with E-state index in [1.165, 1.54) is 6.07 Å². The van der Waals surface area contributed by atoms with Gasteiger partial charge in [0, 0.05) is 11.7 Å². The van der Waals surface area contributed by atoms with Crippen LogP contribution in [-0.2, 0) is 6.18 Å². The highest BCUT2D eigenvalue weighted by atomic mass is 19.4. The highest BCUT2D eigenvalue weighted by Gasteiger charge is 2.31. The van der Waals surface area contributed by atoms with Crippen LogP contribution < -0.4 is 11.5 Å². The molecule has 84 valence electrons. The number of hydrogen-bond donors (Lipinski definition) is 2. The Hall–Kier alpha value is -1.23. The van der Waals surface area contributed by atoms with Crippen molar-refractivity contribution in [3.63, 3.8) is 0 Å². The lowest BCUT2D eigenvalue weighted by Gasteiger charge is -2.14. The van der Waals surface area contributed by atoms with Crippen LogP contribution >= 0.6 is 0 Å². The van der Waals surface area contributed by atoms with Crippen molar-refractivity contribution in [2.24, 2.45) is 5.73 Å². The van der Waals surface area contributed by atoms with E-state index in [2.05, 4.69) is 0 Å². The summed E-state index contributed by atoms with van der Waals surface area (Å²) >= 11 is 0. The molecule has 1 rings (SSSR count). The molecule has 0 spiro atoms. The first-order valence-corrected chi connectivity index (χ1v) is 4.58. The van der Waals surface area contributed by atoms with Crippen LogP contribution in [0.15, 0.2) is 18.2 Å². The van der Waals surface area contributed by atoms with Gasteiger partial charge in [0.05, 0.1) is 5.56 Å². The number of benzene rings is 1. The maximum Gasteiger partial charge on any atom is 0.416 e. The van der Waals surface area contributed by atoms with Gasteiger partial charge in [0.25, 0.3) is 0 Å². The van der Waals surface area contributed by atoms with E-state index in [-0.39, 0.29) is 5.69 Å². The van der Waals surface area contributed by atoms with Crippen molar-refractivity contribution >= 4 is 5.69 Å². The fourth-order valence-electron chi connectivity index (χ4n) is 1.29. The smallest absolute Gasteiger partial charge is 0.399 e. The Kier molecular flexibility index (Phi) is 3.24. The van der Waals surface area contributed by atoms with Gasteiger partial charge in [0.15, 0.2) is 0 Å². The SMILES string of the molecule is CCC(N)c1cc(N)cc(C(F)(F)F)c1. The Balaban J connectivity index is 3.17. The first-order valence-electron chi connectivity index (χ1n) is 4.58. The zero-order valence-corrected chi connectivity index (χ0v) is 8.31. The van der Waals surface area contributed by atoms with Crippen LogP contribution in [0.25, 0.3) is 0 Å². The van der Waals surface area contributed by atoms with Gasteiger partial charge in [-0.1, -0.05) is 6.92 Å². The Morgan fingerprint density at radius 2 is 1.87 bits per heavy atom. The number of anilines is 1. The summed E-state index contributed by atoms with van der Waals surface area (Å²) in [6.07, 6.45) is -3.81. The summed E-state index contributed by atoms with van der Waals surface area (Å²) in [7, 11) is 0. The molecule has 0 aliphatic carbocycles. The largest absolute Gasteiger partial charge is 0.416 e. The highest BCUT2D eigenvalue weighted by molar-refractivity contribution is 5.46. The quantitative estimate of drug-likeness (QED) is 0.750. The Bertz CT molecular complexity index is 347. The molecular weight excluding hydrogens is 205 g/mol. The summed E-state index contributed by atoms with van der Waals surface area (Å²) in [5.41, 5.74) is 10.8. The van der Waals surface area contributed by atoms with Gasteiger partial charge in [-0.2, -0.15) is 13.2 Å². The molecule has 0 aromatic heterocycles. The second-order valence-corrected chi connectivity index (χ2v) is 3.40. The number of rotatable bonds is 2. The Morgan fingerprint density at radius 3 is 2.33 bits per heavy atom. The molecule has 0 saturated carbocycles. The minimum atomic E-state index is -4.38. The minimum absolute atomic E-state index is 0.0868. The molecule has 5 heteroatoms. The summed E-state index contributed by atoms with van der Waals surface area (Å²) in [5.74, 6) is 0. The highest BCUT2D eigenvalue weighted by Crippen LogP contribution is 2.32. The van der Waals surface area contributed by atoms with E-state index in [1.54, 1.807) is 6.92 Å². The molecule has 0 bridgehead atoms. The van der Waals surface area contributed by atoms with Gasteiger partial charge in [0.1, 0.15) is 0 Å². The summed E-state index contributed by atoms with van der Waals surface area (Å²) in [6.45, 7) is 1.81. The first-order chi connectivity index (χ1) is 6.84. The number of halogens is 3. The maximum absolute atomic E-state index is 12.4. The average Bonchev–Trinajstić information content (AvgIpc) is 2.14. The minimum Gasteiger partial charge on any atom is -0.399 e. The number of hydrogen-bond acceptors (Lipinski definition) is 2. The lowest BCUT2D eigenvalue weighted by Crippen LogP contribution is -2.12. The molecule has 0 radical (unpaired) electrons. The van der Waals surface area contributed by atoms with Crippen LogP contribution in [0.5, 0.6) is 0 Å². The lowest BCUT2D eigenvalue weighted by molar-refractivity contribution is -0.137. The second-order valence-electron chi connectivity index (χ2n) is 3.40. The predicted molar refractivity (Wildman–Crippen MR) is 53.1 cm³/mol. The third-order valence-electron chi connectivity index (χ3n) is 2.17. The average molecular weight is 218 g/mol. The molecule has 2 nitrogen and oxygen atoms in total. The van der Waals surface area contributed by atoms with Crippen molar-refractivity contribution in [1.82, 2.24) is 0 Å². The van der Waals surface area contributed by atoms with Crippen molar-refractivity contribution in [2.75, 3.05) is 5.73 Å². The molecule has 0 aliphatic heterocycles. The topological polar surface area (TPSA) is 52.0 Å². The molecule has 4 N–H and O–H groups in total. The molecule has 15 heavy (non-hydrogen) atoms. The Labute approximate surface area is 86.1 Å². The monoisotopic (exact) mass is 218 g/mol. The Morgan fingerprint density at radius 1 is 1.27 bits per heavy atom. The molecular formula is C10H13F3N2. The maximum atomic E-state index is 12.4. The first kappa shape index (κ1) is 11.8. The van der Waals surface area contributed by atoms with Gasteiger partial charge >= 0.3 is 6.18 Å². The number of alkyl halides is 3. The van der Waals surface area contributed by atoms with E-state index in [0.29, 0.717) is 12.0 Å². The molecule has 1 aromatic carbocycles. The van der Waals surface area contributed by atoms with E-state index in [0.717, 1.165) is 12.1 Å². The van der Waals surface area contributed by atoms with Gasteiger partial charge in [-0.25, -0.2) is 0 Å². The molecule has 1 atom stereocenters. The lowest BCUT2D eigenvalue weighted by atomic mass is 10.0.